The second kappa shape index (κ2) is 5.73. The van der Waals surface area contributed by atoms with Crippen LogP contribution in [0.4, 0.5) is 18.0 Å². The van der Waals surface area contributed by atoms with Crippen molar-refractivity contribution >= 4 is 12.0 Å². The van der Waals surface area contributed by atoms with Gasteiger partial charge in [-0.2, -0.15) is 13.2 Å². The maximum absolute atomic E-state index is 12.5. The molecule has 2 fully saturated rings. The number of rotatable bonds is 5. The first kappa shape index (κ1) is 15.9. The Bertz CT molecular complexity index is 415. The van der Waals surface area contributed by atoms with E-state index in [0.29, 0.717) is 25.7 Å². The minimum absolute atomic E-state index is 0.109. The number of amides is 2. The number of halogens is 3. The molecule has 5 nitrogen and oxygen atoms in total. The molecule has 2 aliphatic rings. The third-order valence-electron chi connectivity index (χ3n) is 4.19. The summed E-state index contributed by atoms with van der Waals surface area (Å²) in [6.45, 7) is -1.40. The zero-order valence-corrected chi connectivity index (χ0v) is 11.6. The standard InChI is InChI=1S/C13H19F3N2O3/c14-13(15,16)8-18(9-3-4-9)11(21)17-7-12(10(19)20)5-1-2-6-12/h9H,1-8H2,(H,17,21)(H,19,20). The van der Waals surface area contributed by atoms with E-state index in [-0.39, 0.29) is 12.6 Å². The summed E-state index contributed by atoms with van der Waals surface area (Å²) in [6, 6.07) is -1.20. The number of carboxylic acids is 1. The van der Waals surface area contributed by atoms with Crippen LogP contribution in [0.25, 0.3) is 0 Å². The predicted molar refractivity (Wildman–Crippen MR) is 67.7 cm³/mol. The average molecular weight is 308 g/mol. The van der Waals surface area contributed by atoms with Gasteiger partial charge in [0, 0.05) is 12.6 Å². The minimum Gasteiger partial charge on any atom is -0.481 e. The van der Waals surface area contributed by atoms with Gasteiger partial charge in [-0.3, -0.25) is 4.79 Å². The fourth-order valence-electron chi connectivity index (χ4n) is 2.81. The number of hydrogen-bond donors (Lipinski definition) is 2. The van der Waals surface area contributed by atoms with E-state index < -0.39 is 30.1 Å². The average Bonchev–Trinajstić information content (AvgIpc) is 3.10. The Morgan fingerprint density at radius 2 is 1.81 bits per heavy atom. The molecule has 0 radical (unpaired) electrons. The SMILES string of the molecule is O=C(NCC1(C(=O)O)CCCC1)N(CC(F)(F)F)C1CC1. The molecule has 2 aliphatic carbocycles. The monoisotopic (exact) mass is 308 g/mol. The summed E-state index contributed by atoms with van der Waals surface area (Å²) in [5, 5.41) is 11.7. The predicted octanol–water partition coefficient (Wildman–Crippen LogP) is 2.37. The molecule has 0 aliphatic heterocycles. The Morgan fingerprint density at radius 1 is 1.24 bits per heavy atom. The molecule has 8 heteroatoms. The van der Waals surface area contributed by atoms with E-state index >= 15 is 0 Å². The highest BCUT2D eigenvalue weighted by Crippen LogP contribution is 2.38. The molecular weight excluding hydrogens is 289 g/mol. The van der Waals surface area contributed by atoms with Crippen molar-refractivity contribution in [2.24, 2.45) is 5.41 Å². The van der Waals surface area contributed by atoms with Crippen LogP contribution >= 0.6 is 0 Å². The number of nitrogens with one attached hydrogen (secondary N) is 1. The fraction of sp³-hybridized carbons (Fsp3) is 0.846. The summed E-state index contributed by atoms with van der Waals surface area (Å²) < 4.78 is 37.4. The third-order valence-corrected chi connectivity index (χ3v) is 4.19. The zero-order chi connectivity index (χ0) is 15.7. The first-order chi connectivity index (χ1) is 9.73. The van der Waals surface area contributed by atoms with Gasteiger partial charge in [-0.15, -0.1) is 0 Å². The van der Waals surface area contributed by atoms with Gasteiger partial charge >= 0.3 is 18.2 Å². The highest BCUT2D eigenvalue weighted by atomic mass is 19.4. The summed E-state index contributed by atoms with van der Waals surface area (Å²) in [5.74, 6) is -0.992. The van der Waals surface area contributed by atoms with E-state index in [0.717, 1.165) is 17.7 Å². The Balaban J connectivity index is 1.94. The normalized spacial score (nSPS) is 21.1. The zero-order valence-electron chi connectivity index (χ0n) is 11.6. The number of urea groups is 1. The maximum atomic E-state index is 12.5. The van der Waals surface area contributed by atoms with Gasteiger partial charge in [-0.25, -0.2) is 4.79 Å². The molecule has 120 valence electrons. The molecule has 21 heavy (non-hydrogen) atoms. The van der Waals surface area contributed by atoms with Crippen LogP contribution in [-0.2, 0) is 4.79 Å². The molecule has 0 aromatic carbocycles. The molecule has 2 N–H and O–H groups in total. The van der Waals surface area contributed by atoms with Gasteiger partial charge in [0.15, 0.2) is 0 Å². The number of carboxylic acid groups (broad SMARTS) is 1. The summed E-state index contributed by atoms with van der Waals surface area (Å²) in [7, 11) is 0. The summed E-state index contributed by atoms with van der Waals surface area (Å²) in [5.41, 5.74) is -1.02. The molecule has 0 aromatic rings. The lowest BCUT2D eigenvalue weighted by Crippen LogP contribution is -2.50. The summed E-state index contributed by atoms with van der Waals surface area (Å²) in [6.07, 6.45) is -0.899. The van der Waals surface area contributed by atoms with Crippen LogP contribution in [-0.4, -0.2) is 47.3 Å². The largest absolute Gasteiger partial charge is 0.481 e. The lowest BCUT2D eigenvalue weighted by Gasteiger charge is -2.28. The minimum atomic E-state index is -4.45. The second-order valence-electron chi connectivity index (χ2n) is 5.93. The number of carbonyl (C=O) groups is 2. The Kier molecular flexibility index (Phi) is 4.34. The van der Waals surface area contributed by atoms with E-state index in [4.69, 9.17) is 0 Å². The van der Waals surface area contributed by atoms with E-state index in [1.165, 1.54) is 0 Å². The van der Waals surface area contributed by atoms with Crippen molar-refractivity contribution in [1.29, 1.82) is 0 Å². The van der Waals surface area contributed by atoms with E-state index in [2.05, 4.69) is 5.32 Å². The van der Waals surface area contributed by atoms with Gasteiger partial charge in [0.05, 0.1) is 5.41 Å². The van der Waals surface area contributed by atoms with Crippen LogP contribution in [0.3, 0.4) is 0 Å². The number of alkyl halides is 3. The molecule has 2 amide bonds. The molecule has 0 saturated heterocycles. The van der Waals surface area contributed by atoms with Gasteiger partial charge in [0.1, 0.15) is 6.54 Å². The van der Waals surface area contributed by atoms with Gasteiger partial charge < -0.3 is 15.3 Å². The van der Waals surface area contributed by atoms with Crippen molar-refractivity contribution in [3.05, 3.63) is 0 Å². The third kappa shape index (κ3) is 4.01. The first-order valence-corrected chi connectivity index (χ1v) is 7.08. The maximum Gasteiger partial charge on any atom is 0.406 e. The highest BCUT2D eigenvalue weighted by molar-refractivity contribution is 5.78. The Hall–Kier alpha value is -1.47. The first-order valence-electron chi connectivity index (χ1n) is 7.08. The van der Waals surface area contributed by atoms with Gasteiger partial charge in [-0.1, -0.05) is 12.8 Å². The smallest absolute Gasteiger partial charge is 0.406 e. The van der Waals surface area contributed by atoms with Crippen LogP contribution in [0.5, 0.6) is 0 Å². The summed E-state index contributed by atoms with van der Waals surface area (Å²) >= 11 is 0. The lowest BCUT2D eigenvalue weighted by atomic mass is 9.86. The number of aliphatic carboxylic acids is 1. The van der Waals surface area contributed by atoms with Gasteiger partial charge in [0.25, 0.3) is 0 Å². The molecular formula is C13H19F3N2O3. The van der Waals surface area contributed by atoms with Crippen molar-refractivity contribution in [2.45, 2.75) is 50.7 Å². The van der Waals surface area contributed by atoms with Crippen LogP contribution in [0.15, 0.2) is 0 Å². The molecule has 0 spiro atoms. The van der Waals surface area contributed by atoms with E-state index in [1.807, 2.05) is 0 Å². The molecule has 2 saturated carbocycles. The van der Waals surface area contributed by atoms with Crippen molar-refractivity contribution in [2.75, 3.05) is 13.1 Å². The molecule has 2 rings (SSSR count). The molecule has 0 heterocycles. The quantitative estimate of drug-likeness (QED) is 0.819. The van der Waals surface area contributed by atoms with Crippen molar-refractivity contribution < 1.29 is 27.9 Å². The van der Waals surface area contributed by atoms with Crippen molar-refractivity contribution in [1.82, 2.24) is 10.2 Å². The number of hydrogen-bond acceptors (Lipinski definition) is 2. The molecule has 0 unspecified atom stereocenters. The number of nitrogens with zero attached hydrogens (tertiary/aromatic N) is 1. The van der Waals surface area contributed by atoms with Crippen LogP contribution in [0.1, 0.15) is 38.5 Å². The Labute approximate surface area is 120 Å². The van der Waals surface area contributed by atoms with Crippen molar-refractivity contribution in [3.63, 3.8) is 0 Å². The van der Waals surface area contributed by atoms with E-state index in [9.17, 15) is 27.9 Å². The van der Waals surface area contributed by atoms with Gasteiger partial charge in [0.2, 0.25) is 0 Å². The van der Waals surface area contributed by atoms with Crippen molar-refractivity contribution in [3.8, 4) is 0 Å². The van der Waals surface area contributed by atoms with Crippen LogP contribution in [0.2, 0.25) is 0 Å². The van der Waals surface area contributed by atoms with Crippen LogP contribution in [0, 0.1) is 5.41 Å². The van der Waals surface area contributed by atoms with E-state index in [1.54, 1.807) is 0 Å². The number of carbonyl (C=O) groups excluding carboxylic acids is 1. The highest BCUT2D eigenvalue weighted by Gasteiger charge is 2.44. The van der Waals surface area contributed by atoms with Gasteiger partial charge in [-0.05, 0) is 25.7 Å². The second-order valence-corrected chi connectivity index (χ2v) is 5.93. The topological polar surface area (TPSA) is 69.6 Å². The lowest BCUT2D eigenvalue weighted by molar-refractivity contribution is -0.148. The Morgan fingerprint density at radius 3 is 2.24 bits per heavy atom. The molecule has 0 atom stereocenters. The molecule has 0 bridgehead atoms. The fourth-order valence-corrected chi connectivity index (χ4v) is 2.81. The molecule has 0 aromatic heterocycles. The summed E-state index contributed by atoms with van der Waals surface area (Å²) in [4.78, 5) is 24.1. The van der Waals surface area contributed by atoms with Crippen LogP contribution < -0.4 is 5.32 Å².